The molecule has 92 valence electrons. The molecule has 5 nitrogen and oxygen atoms in total. The molecule has 1 aromatic heterocycles. The van der Waals surface area contributed by atoms with Gasteiger partial charge in [-0.1, -0.05) is 34.1 Å². The fourth-order valence-electron chi connectivity index (χ4n) is 1.37. The molecular weight excluding hydrogens is 296 g/mol. The minimum Gasteiger partial charge on any atom is -0.291 e. The summed E-state index contributed by atoms with van der Waals surface area (Å²) in [5.74, 6) is 0.323. The molecule has 0 aliphatic carbocycles. The summed E-state index contributed by atoms with van der Waals surface area (Å²) in [5.41, 5.74) is 4.04. The Balaban J connectivity index is 2.12. The van der Waals surface area contributed by atoms with Crippen molar-refractivity contribution in [1.82, 2.24) is 9.97 Å². The number of nitrogens with zero attached hydrogens (tertiary/aromatic N) is 2. The maximum Gasteiger partial charge on any atom is 0.252 e. The van der Waals surface area contributed by atoms with E-state index in [4.69, 9.17) is 0 Å². The smallest absolute Gasteiger partial charge is 0.252 e. The number of nitrogens with one attached hydrogen (secondary N) is 2. The van der Waals surface area contributed by atoms with Gasteiger partial charge in [0.2, 0.25) is 5.95 Å². The summed E-state index contributed by atoms with van der Waals surface area (Å²) in [6.45, 7) is 1.75. The zero-order valence-corrected chi connectivity index (χ0v) is 11.2. The highest BCUT2D eigenvalue weighted by Gasteiger charge is 1.96. The highest BCUT2D eigenvalue weighted by molar-refractivity contribution is 9.10. The number of hydrogen-bond acceptors (Lipinski definition) is 4. The van der Waals surface area contributed by atoms with Crippen molar-refractivity contribution in [2.75, 3.05) is 5.43 Å². The topological polar surface area (TPSA) is 70.1 Å². The Morgan fingerprint density at radius 1 is 1.44 bits per heavy atom. The van der Waals surface area contributed by atoms with Crippen LogP contribution in [0.1, 0.15) is 11.3 Å². The largest absolute Gasteiger partial charge is 0.291 e. The molecular formula is C12H11BrN4O. The standard InChI is InChI=1S/C12H11BrN4O/c1-8-6-11(18)16-12(15-8)17-14-7-9-4-2-3-5-10(9)13/h2-7H,1H3,(H2,15,16,17,18). The summed E-state index contributed by atoms with van der Waals surface area (Å²) in [7, 11) is 0. The molecule has 2 aromatic rings. The van der Waals surface area contributed by atoms with Gasteiger partial charge in [0.05, 0.1) is 6.21 Å². The van der Waals surface area contributed by atoms with Crippen molar-refractivity contribution in [1.29, 1.82) is 0 Å². The monoisotopic (exact) mass is 306 g/mol. The zero-order valence-electron chi connectivity index (χ0n) is 9.64. The Morgan fingerprint density at radius 2 is 2.22 bits per heavy atom. The zero-order chi connectivity index (χ0) is 13.0. The number of hydrogen-bond donors (Lipinski definition) is 2. The van der Waals surface area contributed by atoms with E-state index in [0.29, 0.717) is 11.6 Å². The van der Waals surface area contributed by atoms with Crippen LogP contribution in [0.15, 0.2) is 44.7 Å². The number of H-pyrrole nitrogens is 1. The van der Waals surface area contributed by atoms with Crippen LogP contribution in [0.3, 0.4) is 0 Å². The van der Waals surface area contributed by atoms with E-state index in [1.807, 2.05) is 24.3 Å². The Kier molecular flexibility index (Phi) is 3.88. The van der Waals surface area contributed by atoms with E-state index in [0.717, 1.165) is 10.0 Å². The van der Waals surface area contributed by atoms with Crippen LogP contribution in [0.4, 0.5) is 5.95 Å². The fourth-order valence-corrected chi connectivity index (χ4v) is 1.76. The molecule has 2 rings (SSSR count). The minimum atomic E-state index is -0.207. The summed E-state index contributed by atoms with van der Waals surface area (Å²) in [4.78, 5) is 17.8. The molecule has 0 radical (unpaired) electrons. The number of anilines is 1. The first-order chi connectivity index (χ1) is 8.65. The molecule has 0 fully saturated rings. The maximum absolute atomic E-state index is 11.2. The number of aromatic nitrogens is 2. The van der Waals surface area contributed by atoms with Crippen molar-refractivity contribution in [3.8, 4) is 0 Å². The lowest BCUT2D eigenvalue weighted by atomic mass is 10.2. The predicted octanol–water partition coefficient (Wildman–Crippen LogP) is 2.29. The first-order valence-corrected chi connectivity index (χ1v) is 6.06. The third-order valence-corrected chi connectivity index (χ3v) is 2.87. The highest BCUT2D eigenvalue weighted by Crippen LogP contribution is 2.13. The van der Waals surface area contributed by atoms with Gasteiger partial charge in [-0.25, -0.2) is 10.4 Å². The molecule has 0 amide bonds. The van der Waals surface area contributed by atoms with E-state index >= 15 is 0 Å². The van der Waals surface area contributed by atoms with E-state index in [9.17, 15) is 4.79 Å². The molecule has 1 heterocycles. The van der Waals surface area contributed by atoms with Gasteiger partial charge in [0, 0.05) is 21.8 Å². The van der Waals surface area contributed by atoms with Gasteiger partial charge in [0.25, 0.3) is 5.56 Å². The second kappa shape index (κ2) is 5.59. The highest BCUT2D eigenvalue weighted by atomic mass is 79.9. The van der Waals surface area contributed by atoms with E-state index in [-0.39, 0.29) is 5.56 Å². The van der Waals surface area contributed by atoms with E-state index in [1.165, 1.54) is 6.07 Å². The molecule has 1 aromatic carbocycles. The van der Waals surface area contributed by atoms with Crippen LogP contribution in [0.2, 0.25) is 0 Å². The lowest BCUT2D eigenvalue weighted by Crippen LogP contribution is -2.10. The second-order valence-corrected chi connectivity index (χ2v) is 4.48. The van der Waals surface area contributed by atoms with E-state index < -0.39 is 0 Å². The molecule has 0 saturated carbocycles. The van der Waals surface area contributed by atoms with Crippen LogP contribution in [0, 0.1) is 6.92 Å². The van der Waals surface area contributed by atoms with E-state index in [2.05, 4.69) is 36.4 Å². The molecule has 0 aliphatic rings. The number of aryl methyl sites for hydroxylation is 1. The van der Waals surface area contributed by atoms with Crippen LogP contribution in [0.25, 0.3) is 0 Å². The quantitative estimate of drug-likeness (QED) is 0.675. The van der Waals surface area contributed by atoms with Crippen LogP contribution in [-0.2, 0) is 0 Å². The number of benzene rings is 1. The van der Waals surface area contributed by atoms with Crippen LogP contribution in [0.5, 0.6) is 0 Å². The van der Waals surface area contributed by atoms with Crippen molar-refractivity contribution in [3.63, 3.8) is 0 Å². The van der Waals surface area contributed by atoms with Gasteiger partial charge < -0.3 is 0 Å². The number of aromatic amines is 1. The van der Waals surface area contributed by atoms with Crippen molar-refractivity contribution >= 4 is 28.1 Å². The number of hydrazone groups is 1. The average Bonchev–Trinajstić information content (AvgIpc) is 2.30. The predicted molar refractivity (Wildman–Crippen MR) is 75.0 cm³/mol. The van der Waals surface area contributed by atoms with Gasteiger partial charge in [0.1, 0.15) is 0 Å². The third-order valence-electron chi connectivity index (χ3n) is 2.15. The lowest BCUT2D eigenvalue weighted by Gasteiger charge is -2.00. The van der Waals surface area contributed by atoms with Crippen LogP contribution in [-0.4, -0.2) is 16.2 Å². The molecule has 2 N–H and O–H groups in total. The van der Waals surface area contributed by atoms with Crippen molar-refractivity contribution in [3.05, 3.63) is 56.4 Å². The number of halogens is 1. The first-order valence-electron chi connectivity index (χ1n) is 5.27. The Hall–Kier alpha value is -1.95. The Morgan fingerprint density at radius 3 is 2.94 bits per heavy atom. The van der Waals surface area contributed by atoms with Crippen LogP contribution >= 0.6 is 15.9 Å². The van der Waals surface area contributed by atoms with Crippen molar-refractivity contribution in [2.45, 2.75) is 6.92 Å². The summed E-state index contributed by atoms with van der Waals surface area (Å²) >= 11 is 3.41. The van der Waals surface area contributed by atoms with Gasteiger partial charge in [-0.2, -0.15) is 5.10 Å². The summed E-state index contributed by atoms with van der Waals surface area (Å²) in [5, 5.41) is 4.02. The molecule has 18 heavy (non-hydrogen) atoms. The fraction of sp³-hybridized carbons (Fsp3) is 0.0833. The summed E-state index contributed by atoms with van der Waals surface area (Å²) in [6.07, 6.45) is 1.65. The maximum atomic E-state index is 11.2. The molecule has 0 atom stereocenters. The van der Waals surface area contributed by atoms with Crippen molar-refractivity contribution < 1.29 is 0 Å². The SMILES string of the molecule is Cc1cc(=O)[nH]c(NN=Cc2ccccc2Br)n1. The molecule has 0 unspecified atom stereocenters. The molecule has 0 bridgehead atoms. The van der Waals surface area contributed by atoms with Gasteiger partial charge in [-0.15, -0.1) is 0 Å². The molecule has 0 aliphatic heterocycles. The Bertz CT molecular complexity index is 636. The van der Waals surface area contributed by atoms with Gasteiger partial charge in [-0.05, 0) is 13.0 Å². The summed E-state index contributed by atoms with van der Waals surface area (Å²) < 4.78 is 0.946. The minimum absolute atomic E-state index is 0.207. The molecule has 6 heteroatoms. The molecule has 0 saturated heterocycles. The molecule has 0 spiro atoms. The second-order valence-electron chi connectivity index (χ2n) is 3.63. The van der Waals surface area contributed by atoms with Gasteiger partial charge in [0.15, 0.2) is 0 Å². The number of rotatable bonds is 3. The van der Waals surface area contributed by atoms with Crippen LogP contribution < -0.4 is 11.0 Å². The van der Waals surface area contributed by atoms with Gasteiger partial charge in [-0.3, -0.25) is 9.78 Å². The lowest BCUT2D eigenvalue weighted by molar-refractivity contribution is 1.04. The van der Waals surface area contributed by atoms with Gasteiger partial charge >= 0.3 is 0 Å². The summed E-state index contributed by atoms with van der Waals surface area (Å²) in [6, 6.07) is 9.10. The van der Waals surface area contributed by atoms with Crippen molar-refractivity contribution in [2.24, 2.45) is 5.10 Å². The average molecular weight is 307 g/mol. The normalized spacial score (nSPS) is 10.8. The Labute approximate surface area is 112 Å². The third kappa shape index (κ3) is 3.27. The first kappa shape index (κ1) is 12.5. The van der Waals surface area contributed by atoms with E-state index in [1.54, 1.807) is 13.1 Å².